The number of halogens is 3. The highest BCUT2D eigenvalue weighted by atomic mass is 19.4. The summed E-state index contributed by atoms with van der Waals surface area (Å²) in [6.45, 7) is -0.0413. The van der Waals surface area contributed by atoms with Crippen LogP contribution < -0.4 is 16.6 Å². The molecule has 166 valence electrons. The topological polar surface area (TPSA) is 98.7 Å². The Kier molecular flexibility index (Phi) is 6.98. The van der Waals surface area contributed by atoms with Gasteiger partial charge in [-0.1, -0.05) is 48.7 Å². The Bertz CT molecular complexity index is 994. The Morgan fingerprint density at radius 3 is 2.45 bits per heavy atom. The maximum Gasteiger partial charge on any atom is 0.433 e. The zero-order valence-corrected chi connectivity index (χ0v) is 16.7. The lowest BCUT2D eigenvalue weighted by atomic mass is 9.96. The van der Waals surface area contributed by atoms with E-state index in [1.807, 2.05) is 0 Å². The molecular formula is C21H23F3N4O3. The highest BCUT2D eigenvalue weighted by Gasteiger charge is 2.31. The molecule has 3 rings (SSSR count). The minimum atomic E-state index is -4.53. The van der Waals surface area contributed by atoms with Crippen molar-refractivity contribution in [3.05, 3.63) is 69.6 Å². The number of benzene rings is 1. The van der Waals surface area contributed by atoms with Crippen LogP contribution in [0.3, 0.4) is 0 Å². The highest BCUT2D eigenvalue weighted by Crippen LogP contribution is 2.28. The van der Waals surface area contributed by atoms with Crippen molar-refractivity contribution < 1.29 is 22.8 Å². The van der Waals surface area contributed by atoms with Gasteiger partial charge in [-0.05, 0) is 24.5 Å². The van der Waals surface area contributed by atoms with Gasteiger partial charge in [-0.15, -0.1) is 0 Å². The van der Waals surface area contributed by atoms with Crippen LogP contribution in [0.1, 0.15) is 48.8 Å². The van der Waals surface area contributed by atoms with E-state index in [9.17, 15) is 22.8 Å². The molecule has 0 bridgehead atoms. The molecule has 0 spiro atoms. The fourth-order valence-corrected chi connectivity index (χ4v) is 3.38. The zero-order chi connectivity index (χ0) is 22.4. The van der Waals surface area contributed by atoms with Crippen molar-refractivity contribution in [1.82, 2.24) is 9.88 Å². The van der Waals surface area contributed by atoms with Crippen LogP contribution in [0.25, 0.3) is 0 Å². The fourth-order valence-electron chi connectivity index (χ4n) is 3.38. The largest absolute Gasteiger partial charge is 0.433 e. The summed E-state index contributed by atoms with van der Waals surface area (Å²) in [5.41, 5.74) is 5.45. The van der Waals surface area contributed by atoms with Gasteiger partial charge in [-0.3, -0.25) is 9.63 Å². The molecule has 1 heterocycles. The predicted octanol–water partition coefficient (Wildman–Crippen LogP) is 3.59. The van der Waals surface area contributed by atoms with Crippen LogP contribution in [0.2, 0.25) is 0 Å². The molecule has 1 saturated carbocycles. The number of carbonyl (C=O) groups is 1. The van der Waals surface area contributed by atoms with E-state index in [0.717, 1.165) is 55.0 Å². The van der Waals surface area contributed by atoms with Crippen molar-refractivity contribution in [2.45, 2.75) is 50.9 Å². The summed E-state index contributed by atoms with van der Waals surface area (Å²) in [6, 6.07) is 8.08. The number of nitrogens with two attached hydrogens (primary N) is 1. The molecule has 0 atom stereocenters. The fraction of sp³-hybridized carbons (Fsp3) is 0.381. The number of alkyl halides is 3. The number of hydrogen-bond donors (Lipinski definition) is 2. The van der Waals surface area contributed by atoms with Gasteiger partial charge >= 0.3 is 12.3 Å². The Morgan fingerprint density at radius 2 is 1.81 bits per heavy atom. The number of amides is 1. The molecular weight excluding hydrogens is 413 g/mol. The average Bonchev–Trinajstić information content (AvgIpc) is 2.74. The van der Waals surface area contributed by atoms with Gasteiger partial charge in [0.1, 0.15) is 0 Å². The predicted molar refractivity (Wildman–Crippen MR) is 108 cm³/mol. The maximum atomic E-state index is 12.9. The van der Waals surface area contributed by atoms with E-state index in [1.165, 1.54) is 0 Å². The number of rotatable bonds is 5. The third kappa shape index (κ3) is 6.34. The number of carbonyl (C=O) groups excluding carboxylic acids is 1. The van der Waals surface area contributed by atoms with E-state index in [1.54, 1.807) is 24.3 Å². The number of oxime groups is 1. The second kappa shape index (κ2) is 9.67. The van der Waals surface area contributed by atoms with E-state index < -0.39 is 23.4 Å². The first-order valence-electron chi connectivity index (χ1n) is 9.90. The first kappa shape index (κ1) is 22.4. The van der Waals surface area contributed by atoms with Crippen LogP contribution in [-0.2, 0) is 17.6 Å². The van der Waals surface area contributed by atoms with Crippen molar-refractivity contribution in [1.29, 1.82) is 0 Å². The molecule has 1 fully saturated rings. The molecule has 2 aromatic rings. The van der Waals surface area contributed by atoms with Gasteiger partial charge in [0.2, 0.25) is 0 Å². The Labute approximate surface area is 176 Å². The first-order chi connectivity index (χ1) is 14.7. The van der Waals surface area contributed by atoms with Crippen LogP contribution >= 0.6 is 0 Å². The zero-order valence-electron chi connectivity index (χ0n) is 16.7. The van der Waals surface area contributed by atoms with Gasteiger partial charge in [0.25, 0.3) is 5.56 Å². The number of nitrogens with one attached hydrogen (secondary N) is 1. The Morgan fingerprint density at radius 1 is 1.13 bits per heavy atom. The van der Waals surface area contributed by atoms with Gasteiger partial charge in [0.05, 0.1) is 12.1 Å². The Hall–Kier alpha value is -3.30. The van der Waals surface area contributed by atoms with Gasteiger partial charge in [-0.2, -0.15) is 13.2 Å². The maximum absolute atomic E-state index is 12.9. The second-order valence-electron chi connectivity index (χ2n) is 7.41. The molecule has 3 N–H and O–H groups in total. The molecule has 1 aliphatic rings. The summed E-state index contributed by atoms with van der Waals surface area (Å²) in [7, 11) is 0. The molecule has 0 unspecified atom stereocenters. The van der Waals surface area contributed by atoms with Crippen LogP contribution in [0.5, 0.6) is 0 Å². The lowest BCUT2D eigenvalue weighted by molar-refractivity contribution is -0.138. The molecule has 1 aromatic heterocycles. The number of nitrogens with zero attached hydrogens (tertiary/aromatic N) is 2. The minimum Gasteiger partial charge on any atom is -0.380 e. The van der Waals surface area contributed by atoms with Crippen LogP contribution in [0.4, 0.5) is 18.0 Å². The van der Waals surface area contributed by atoms with E-state index in [2.05, 4.69) is 10.5 Å². The first-order valence-corrected chi connectivity index (χ1v) is 9.90. The monoisotopic (exact) mass is 436 g/mol. The average molecular weight is 436 g/mol. The quantitative estimate of drug-likeness (QED) is 0.324. The second-order valence-corrected chi connectivity index (χ2v) is 7.41. The number of hydrogen-bond acceptors (Lipinski definition) is 4. The van der Waals surface area contributed by atoms with Gasteiger partial charge in [0.15, 0.2) is 5.84 Å². The van der Waals surface area contributed by atoms with Crippen molar-refractivity contribution in [2.75, 3.05) is 0 Å². The lowest BCUT2D eigenvalue weighted by Gasteiger charge is -2.21. The number of amidine groups is 1. The molecule has 0 saturated heterocycles. The summed E-state index contributed by atoms with van der Waals surface area (Å²) in [5.74, 6) is -0.0263. The molecule has 0 radical (unpaired) electrons. The van der Waals surface area contributed by atoms with Crippen molar-refractivity contribution in [2.24, 2.45) is 10.9 Å². The molecule has 1 amide bonds. The highest BCUT2D eigenvalue weighted by molar-refractivity contribution is 5.97. The minimum absolute atomic E-state index is 0.0263. The Balaban J connectivity index is 1.61. The molecule has 0 aliphatic heterocycles. The molecule has 1 aliphatic carbocycles. The number of pyridine rings is 1. The molecule has 1 aromatic carbocycles. The normalized spacial score (nSPS) is 15.5. The molecule has 7 nitrogen and oxygen atoms in total. The van der Waals surface area contributed by atoms with E-state index in [4.69, 9.17) is 10.6 Å². The van der Waals surface area contributed by atoms with Crippen LogP contribution in [0.15, 0.2) is 52.5 Å². The van der Waals surface area contributed by atoms with Crippen molar-refractivity contribution in [3.63, 3.8) is 0 Å². The standard InChI is InChI=1S/C21H23F3N4O3/c22-21(23,24)16-10-11-18(29)28(13-16)12-14-6-8-15(9-7-14)19(25)27-31-20(30)26-17-4-2-1-3-5-17/h6-11,13,17H,1-5,12H2,(H2,25,27)(H,26,30). The van der Waals surface area contributed by atoms with E-state index >= 15 is 0 Å². The SMILES string of the molecule is NC(=NOC(=O)NC1CCCCC1)c1ccc(Cn2cc(C(F)(F)F)ccc2=O)cc1. The molecule has 31 heavy (non-hydrogen) atoms. The van der Waals surface area contributed by atoms with Gasteiger partial charge in [-0.25, -0.2) is 4.79 Å². The smallest absolute Gasteiger partial charge is 0.380 e. The van der Waals surface area contributed by atoms with E-state index in [0.29, 0.717) is 11.1 Å². The van der Waals surface area contributed by atoms with E-state index in [-0.39, 0.29) is 18.4 Å². The molecule has 10 heteroatoms. The van der Waals surface area contributed by atoms with Gasteiger partial charge in [0, 0.05) is 23.9 Å². The number of aromatic nitrogens is 1. The van der Waals surface area contributed by atoms with Crippen LogP contribution in [-0.4, -0.2) is 22.5 Å². The summed E-state index contributed by atoms with van der Waals surface area (Å²) < 4.78 is 39.6. The summed E-state index contributed by atoms with van der Waals surface area (Å²) in [4.78, 5) is 28.5. The summed E-state index contributed by atoms with van der Waals surface area (Å²) >= 11 is 0. The van der Waals surface area contributed by atoms with Gasteiger partial charge < -0.3 is 15.6 Å². The van der Waals surface area contributed by atoms with Crippen LogP contribution in [0, 0.1) is 0 Å². The van der Waals surface area contributed by atoms with Crippen molar-refractivity contribution in [3.8, 4) is 0 Å². The summed E-state index contributed by atoms with van der Waals surface area (Å²) in [6.07, 6.45) is 0.685. The third-order valence-corrected chi connectivity index (χ3v) is 5.07. The van der Waals surface area contributed by atoms with Crippen molar-refractivity contribution >= 4 is 11.9 Å². The lowest BCUT2D eigenvalue weighted by Crippen LogP contribution is -2.36. The summed E-state index contributed by atoms with van der Waals surface area (Å²) in [5, 5.41) is 6.37. The third-order valence-electron chi connectivity index (χ3n) is 5.07.